The Hall–Kier alpha value is -3.36. The van der Waals surface area contributed by atoms with Crippen LogP contribution in [0, 0.1) is 11.6 Å². The average molecular weight is 383 g/mol. The number of carbonyl (C=O) groups excluding carboxylic acids is 1. The Kier molecular flexibility index (Phi) is 4.61. The summed E-state index contributed by atoms with van der Waals surface area (Å²) in [6.45, 7) is 0. The first kappa shape index (κ1) is 18.4. The summed E-state index contributed by atoms with van der Waals surface area (Å²) >= 11 is 0. The number of alkyl halides is 3. The van der Waals surface area contributed by atoms with Gasteiger partial charge in [-0.15, -0.1) is 13.2 Å². The summed E-state index contributed by atoms with van der Waals surface area (Å²) in [5, 5.41) is 9.17. The van der Waals surface area contributed by atoms with Gasteiger partial charge in [-0.2, -0.15) is 0 Å². The van der Waals surface area contributed by atoms with E-state index in [9.17, 15) is 31.9 Å². The summed E-state index contributed by atoms with van der Waals surface area (Å²) in [4.78, 5) is 12.6. The van der Waals surface area contributed by atoms with Crippen LogP contribution in [0.25, 0.3) is 5.69 Å². The monoisotopic (exact) mass is 383 g/mol. The number of aromatic hydroxyl groups is 1. The molecule has 0 saturated heterocycles. The van der Waals surface area contributed by atoms with E-state index in [1.807, 2.05) is 0 Å². The molecule has 9 heteroatoms. The second-order valence-corrected chi connectivity index (χ2v) is 5.42. The zero-order valence-corrected chi connectivity index (χ0v) is 13.3. The number of halogens is 5. The van der Waals surface area contributed by atoms with Crippen LogP contribution in [-0.2, 0) is 0 Å². The zero-order valence-electron chi connectivity index (χ0n) is 13.3. The van der Waals surface area contributed by atoms with Gasteiger partial charge >= 0.3 is 6.36 Å². The normalized spacial score (nSPS) is 11.4. The zero-order chi connectivity index (χ0) is 19.8. The Bertz CT molecular complexity index is 970. The van der Waals surface area contributed by atoms with Crippen LogP contribution in [0.5, 0.6) is 11.5 Å². The van der Waals surface area contributed by atoms with Gasteiger partial charge in [0.1, 0.15) is 5.75 Å². The van der Waals surface area contributed by atoms with Gasteiger partial charge in [0.25, 0.3) is 0 Å². The Balaban J connectivity index is 1.93. The maximum atomic E-state index is 13.6. The Morgan fingerprint density at radius 3 is 2.15 bits per heavy atom. The fraction of sp³-hybridized carbons (Fsp3) is 0.0556. The smallest absolute Gasteiger partial charge is 0.503 e. The molecule has 0 fully saturated rings. The summed E-state index contributed by atoms with van der Waals surface area (Å²) < 4.78 is 68.6. The molecule has 0 atom stereocenters. The molecule has 0 spiro atoms. The summed E-state index contributed by atoms with van der Waals surface area (Å²) in [6.07, 6.45) is -3.48. The van der Waals surface area contributed by atoms with Crippen molar-refractivity contribution in [2.75, 3.05) is 0 Å². The van der Waals surface area contributed by atoms with Crippen molar-refractivity contribution < 1.29 is 36.6 Å². The third-order valence-corrected chi connectivity index (χ3v) is 3.61. The fourth-order valence-corrected chi connectivity index (χ4v) is 2.44. The van der Waals surface area contributed by atoms with Crippen molar-refractivity contribution in [3.63, 3.8) is 0 Å². The minimum absolute atomic E-state index is 0.0176. The number of carbonyl (C=O) groups is 1. The second kappa shape index (κ2) is 6.75. The number of phenolic OH excluding ortho intramolecular Hbond substituents is 1. The molecule has 140 valence electrons. The lowest BCUT2D eigenvalue weighted by atomic mass is 10.1. The maximum Gasteiger partial charge on any atom is 0.573 e. The maximum absolute atomic E-state index is 13.6. The Morgan fingerprint density at radius 1 is 1.00 bits per heavy atom. The number of aromatic nitrogens is 1. The topological polar surface area (TPSA) is 51.5 Å². The largest absolute Gasteiger partial charge is 0.573 e. The number of ether oxygens (including phenoxy) is 1. The highest BCUT2D eigenvalue weighted by atomic mass is 19.4. The molecule has 4 nitrogen and oxygen atoms in total. The lowest BCUT2D eigenvalue weighted by Gasteiger charge is -2.11. The first-order valence-electron chi connectivity index (χ1n) is 7.42. The van der Waals surface area contributed by atoms with Crippen LogP contribution in [-0.4, -0.2) is 21.8 Å². The Morgan fingerprint density at radius 2 is 1.59 bits per heavy atom. The molecule has 2 aromatic carbocycles. The van der Waals surface area contributed by atoms with Gasteiger partial charge in [0.15, 0.2) is 17.4 Å². The van der Waals surface area contributed by atoms with Crippen LogP contribution in [0.3, 0.4) is 0 Å². The highest BCUT2D eigenvalue weighted by Gasteiger charge is 2.31. The van der Waals surface area contributed by atoms with Crippen LogP contribution < -0.4 is 4.74 Å². The van der Waals surface area contributed by atoms with Crippen molar-refractivity contribution in [1.29, 1.82) is 0 Å². The van der Waals surface area contributed by atoms with E-state index in [4.69, 9.17) is 0 Å². The number of rotatable bonds is 4. The van der Waals surface area contributed by atoms with E-state index in [0.29, 0.717) is 0 Å². The lowest BCUT2D eigenvalue weighted by Crippen LogP contribution is -2.17. The molecule has 0 bridgehead atoms. The van der Waals surface area contributed by atoms with E-state index < -0.39 is 35.3 Å². The van der Waals surface area contributed by atoms with Crippen molar-refractivity contribution in [3.05, 3.63) is 77.6 Å². The standard InChI is InChI=1S/C18H10F5NO3/c19-13-8-11(9-14(20)17(13)26)24-7-1-2-15(24)16(25)10-3-5-12(6-4-10)27-18(21,22)23/h1-9,26H. The average Bonchev–Trinajstić information content (AvgIpc) is 3.07. The van der Waals surface area contributed by atoms with Gasteiger partial charge in [0, 0.05) is 23.9 Å². The first-order chi connectivity index (χ1) is 12.7. The predicted octanol–water partition coefficient (Wildman–Crippen LogP) is 4.59. The molecular weight excluding hydrogens is 373 g/mol. The van der Waals surface area contributed by atoms with E-state index in [-0.39, 0.29) is 16.9 Å². The molecule has 3 rings (SSSR count). The molecule has 3 aromatic rings. The molecule has 0 saturated carbocycles. The highest BCUT2D eigenvalue weighted by Crippen LogP contribution is 2.26. The van der Waals surface area contributed by atoms with Gasteiger partial charge < -0.3 is 14.4 Å². The minimum Gasteiger partial charge on any atom is -0.503 e. The molecular formula is C18H10F5NO3. The van der Waals surface area contributed by atoms with E-state index in [2.05, 4.69) is 4.74 Å². The van der Waals surface area contributed by atoms with E-state index in [0.717, 1.165) is 36.4 Å². The molecule has 0 aliphatic heterocycles. The third-order valence-electron chi connectivity index (χ3n) is 3.61. The van der Waals surface area contributed by atoms with Gasteiger partial charge in [-0.05, 0) is 36.4 Å². The van der Waals surface area contributed by atoms with Crippen LogP contribution >= 0.6 is 0 Å². The molecule has 1 aromatic heterocycles. The lowest BCUT2D eigenvalue weighted by molar-refractivity contribution is -0.274. The Labute approximate surface area is 149 Å². The SMILES string of the molecule is O=C(c1ccc(OC(F)(F)F)cc1)c1cccn1-c1cc(F)c(O)c(F)c1. The number of ketones is 1. The van der Waals surface area contributed by atoms with Crippen molar-refractivity contribution in [2.45, 2.75) is 6.36 Å². The first-order valence-corrected chi connectivity index (χ1v) is 7.42. The fourth-order valence-electron chi connectivity index (χ4n) is 2.44. The molecule has 0 amide bonds. The van der Waals surface area contributed by atoms with Gasteiger partial charge in [-0.1, -0.05) is 0 Å². The minimum atomic E-state index is -4.85. The molecule has 27 heavy (non-hydrogen) atoms. The number of benzene rings is 2. The van der Waals surface area contributed by atoms with Gasteiger partial charge in [-0.3, -0.25) is 4.79 Å². The van der Waals surface area contributed by atoms with Crippen molar-refractivity contribution in [1.82, 2.24) is 4.57 Å². The second-order valence-electron chi connectivity index (χ2n) is 5.42. The molecule has 1 N–H and O–H groups in total. The third kappa shape index (κ3) is 3.91. The summed E-state index contributed by atoms with van der Waals surface area (Å²) in [5.41, 5.74) is 0.0151. The number of hydrogen-bond acceptors (Lipinski definition) is 3. The van der Waals surface area contributed by atoms with E-state index in [1.165, 1.54) is 22.9 Å². The van der Waals surface area contributed by atoms with Crippen LogP contribution in [0.15, 0.2) is 54.7 Å². The highest BCUT2D eigenvalue weighted by molar-refractivity contribution is 6.08. The summed E-state index contributed by atoms with van der Waals surface area (Å²) in [7, 11) is 0. The van der Waals surface area contributed by atoms with E-state index in [1.54, 1.807) is 0 Å². The number of phenols is 1. The summed E-state index contributed by atoms with van der Waals surface area (Å²) in [5.74, 6) is -4.62. The molecule has 0 aliphatic rings. The molecule has 0 unspecified atom stereocenters. The number of nitrogens with zero attached hydrogens (tertiary/aromatic N) is 1. The van der Waals surface area contributed by atoms with Crippen molar-refractivity contribution in [2.24, 2.45) is 0 Å². The van der Waals surface area contributed by atoms with Crippen molar-refractivity contribution >= 4 is 5.78 Å². The van der Waals surface area contributed by atoms with Crippen LogP contribution in [0.4, 0.5) is 22.0 Å². The van der Waals surface area contributed by atoms with Crippen LogP contribution in [0.2, 0.25) is 0 Å². The molecule has 0 radical (unpaired) electrons. The quantitative estimate of drug-likeness (QED) is 0.530. The number of hydrogen-bond donors (Lipinski definition) is 1. The van der Waals surface area contributed by atoms with Crippen molar-refractivity contribution in [3.8, 4) is 17.2 Å². The van der Waals surface area contributed by atoms with E-state index >= 15 is 0 Å². The molecule has 0 aliphatic carbocycles. The van der Waals surface area contributed by atoms with Gasteiger partial charge in [0.05, 0.1) is 11.4 Å². The van der Waals surface area contributed by atoms with Gasteiger partial charge in [-0.25, -0.2) is 8.78 Å². The van der Waals surface area contributed by atoms with Gasteiger partial charge in [0.2, 0.25) is 5.78 Å². The predicted molar refractivity (Wildman–Crippen MR) is 83.9 cm³/mol. The summed E-state index contributed by atoms with van der Waals surface area (Å²) in [6, 6.07) is 8.76. The molecule has 1 heterocycles. The van der Waals surface area contributed by atoms with Crippen LogP contribution in [0.1, 0.15) is 16.1 Å².